The van der Waals surface area contributed by atoms with Crippen molar-refractivity contribution in [2.24, 2.45) is 0 Å². The van der Waals surface area contributed by atoms with Gasteiger partial charge in [0.2, 0.25) is 0 Å². The molecule has 0 aromatic rings. The smallest absolute Gasteiger partial charge is 0.0221 e. The van der Waals surface area contributed by atoms with E-state index in [2.05, 4.69) is 49.9 Å². The van der Waals surface area contributed by atoms with Gasteiger partial charge in [-0.25, -0.2) is 0 Å². The van der Waals surface area contributed by atoms with Crippen LogP contribution in [0.2, 0.25) is 0 Å². The first kappa shape index (κ1) is 12.5. The summed E-state index contributed by atoms with van der Waals surface area (Å²) in [5.74, 6) is 2.91. The predicted octanol–water partition coefficient (Wildman–Crippen LogP) is 3.72. The lowest BCUT2D eigenvalue weighted by Crippen LogP contribution is -1.89. The fourth-order valence-corrected chi connectivity index (χ4v) is 1.70. The Morgan fingerprint density at radius 2 is 2.25 bits per heavy atom. The molecule has 0 aromatic carbocycles. The lowest BCUT2D eigenvalue weighted by Gasteiger charge is -2.00. The van der Waals surface area contributed by atoms with Crippen LogP contribution in [0.5, 0.6) is 0 Å². The summed E-state index contributed by atoms with van der Waals surface area (Å²) in [6.07, 6.45) is 11.7. The first-order chi connectivity index (χ1) is 7.72. The molecule has 1 rings (SSSR count). The maximum atomic E-state index is 3.81. The Hall–Kier alpha value is -1.59. The molecule has 16 heavy (non-hydrogen) atoms. The summed E-state index contributed by atoms with van der Waals surface area (Å²) >= 11 is 1.65. The Kier molecular flexibility index (Phi) is 5.31. The quantitative estimate of drug-likeness (QED) is 0.582. The second-order valence-corrected chi connectivity index (χ2v) is 4.56. The minimum atomic E-state index is 1.10. The van der Waals surface area contributed by atoms with Crippen LogP contribution in [0.4, 0.5) is 0 Å². The largest absolute Gasteiger partial charge is 0.322 e. The molecule has 2 heteroatoms. The summed E-state index contributed by atoms with van der Waals surface area (Å²) < 4.78 is 0. The van der Waals surface area contributed by atoms with Gasteiger partial charge in [-0.3, -0.25) is 0 Å². The van der Waals surface area contributed by atoms with Gasteiger partial charge >= 0.3 is 0 Å². The van der Waals surface area contributed by atoms with Gasteiger partial charge in [0.05, 0.1) is 0 Å². The van der Waals surface area contributed by atoms with Crippen molar-refractivity contribution in [2.75, 3.05) is 0 Å². The maximum absolute atomic E-state index is 3.81. The van der Waals surface area contributed by atoms with E-state index in [-0.39, 0.29) is 0 Å². The van der Waals surface area contributed by atoms with Gasteiger partial charge in [-0.2, -0.15) is 0 Å². The van der Waals surface area contributed by atoms with Crippen molar-refractivity contribution < 1.29 is 0 Å². The molecule has 82 valence electrons. The van der Waals surface area contributed by atoms with E-state index in [1.54, 1.807) is 11.8 Å². The maximum Gasteiger partial charge on any atom is 0.0221 e. The Balaban J connectivity index is 2.75. The summed E-state index contributed by atoms with van der Waals surface area (Å²) in [5, 5.41) is 2.85. The average molecular weight is 229 g/mol. The molecule has 0 saturated carbocycles. The van der Waals surface area contributed by atoms with Crippen LogP contribution < -0.4 is 5.32 Å². The van der Waals surface area contributed by atoms with Gasteiger partial charge in [0.15, 0.2) is 0 Å². The zero-order valence-corrected chi connectivity index (χ0v) is 10.4. The molecule has 1 heterocycles. The number of hydrogen-bond acceptors (Lipinski definition) is 2. The zero-order chi connectivity index (χ0) is 11.8. The molecular weight excluding hydrogens is 214 g/mol. The lowest BCUT2D eigenvalue weighted by atomic mass is 10.3. The van der Waals surface area contributed by atoms with Gasteiger partial charge in [-0.05, 0) is 26.0 Å². The average Bonchev–Trinajstić information content (AvgIpc) is 2.52. The molecular formula is C14H15NS. The summed E-state index contributed by atoms with van der Waals surface area (Å²) in [5.41, 5.74) is 1.27. The highest BCUT2D eigenvalue weighted by molar-refractivity contribution is 8.07. The van der Waals surface area contributed by atoms with Gasteiger partial charge in [0.25, 0.3) is 0 Å². The number of rotatable bonds is 4. The molecule has 0 fully saturated rings. The van der Waals surface area contributed by atoms with Crippen LogP contribution in [0.25, 0.3) is 0 Å². The van der Waals surface area contributed by atoms with E-state index < -0.39 is 0 Å². The third-order valence-corrected chi connectivity index (χ3v) is 2.74. The monoisotopic (exact) mass is 229 g/mol. The predicted molar refractivity (Wildman–Crippen MR) is 73.4 cm³/mol. The Labute approximate surface area is 102 Å². The Morgan fingerprint density at radius 1 is 1.44 bits per heavy atom. The van der Waals surface area contributed by atoms with Crippen molar-refractivity contribution in [1.82, 2.24) is 5.32 Å². The minimum absolute atomic E-state index is 1.10. The Morgan fingerprint density at radius 3 is 2.94 bits per heavy atom. The van der Waals surface area contributed by atoms with E-state index in [0.717, 1.165) is 9.81 Å². The molecule has 1 N–H and O–H groups in total. The molecule has 0 amide bonds. The van der Waals surface area contributed by atoms with Gasteiger partial charge < -0.3 is 5.32 Å². The van der Waals surface area contributed by atoms with Crippen LogP contribution >= 0.6 is 11.8 Å². The second-order valence-electron chi connectivity index (χ2n) is 3.41. The molecule has 0 unspecified atom stereocenters. The SMILES string of the molecule is C=C/C(=C\C=C(C)C)SC1=CC#CNC=C1. The van der Waals surface area contributed by atoms with Gasteiger partial charge in [0.1, 0.15) is 0 Å². The number of allylic oxidation sites excluding steroid dienone is 6. The van der Waals surface area contributed by atoms with Crippen molar-refractivity contribution >= 4 is 11.8 Å². The second kappa shape index (κ2) is 6.81. The minimum Gasteiger partial charge on any atom is -0.322 e. The van der Waals surface area contributed by atoms with Crippen molar-refractivity contribution in [1.29, 1.82) is 0 Å². The first-order valence-electron chi connectivity index (χ1n) is 5.00. The van der Waals surface area contributed by atoms with Crippen LogP contribution in [0.15, 0.2) is 58.5 Å². The van der Waals surface area contributed by atoms with Crippen LogP contribution in [-0.4, -0.2) is 0 Å². The molecule has 1 nitrogen and oxygen atoms in total. The number of hydrogen-bond donors (Lipinski definition) is 1. The molecule has 0 aliphatic carbocycles. The van der Waals surface area contributed by atoms with Crippen LogP contribution in [-0.2, 0) is 0 Å². The topological polar surface area (TPSA) is 12.0 Å². The molecule has 1 aliphatic rings. The Bertz CT molecular complexity index is 435. The van der Waals surface area contributed by atoms with E-state index >= 15 is 0 Å². The highest BCUT2D eigenvalue weighted by Crippen LogP contribution is 2.27. The van der Waals surface area contributed by atoms with E-state index in [0.29, 0.717) is 0 Å². The molecule has 0 bridgehead atoms. The molecule has 0 radical (unpaired) electrons. The fourth-order valence-electron chi connectivity index (χ4n) is 0.955. The zero-order valence-electron chi connectivity index (χ0n) is 9.58. The van der Waals surface area contributed by atoms with Crippen molar-refractivity contribution in [2.45, 2.75) is 13.8 Å². The van der Waals surface area contributed by atoms with E-state index in [9.17, 15) is 0 Å². The number of nitrogens with one attached hydrogen (secondary N) is 1. The molecule has 0 aromatic heterocycles. The molecule has 0 atom stereocenters. The lowest BCUT2D eigenvalue weighted by molar-refractivity contribution is 1.26. The highest BCUT2D eigenvalue weighted by Gasteiger charge is 1.97. The summed E-state index contributed by atoms with van der Waals surface area (Å²) in [7, 11) is 0. The van der Waals surface area contributed by atoms with Gasteiger partial charge in [0, 0.05) is 28.1 Å². The summed E-state index contributed by atoms with van der Waals surface area (Å²) in [6.45, 7) is 7.95. The molecule has 0 saturated heterocycles. The fraction of sp³-hybridized carbons (Fsp3) is 0.143. The number of thioether (sulfide) groups is 1. The van der Waals surface area contributed by atoms with Gasteiger partial charge in [-0.15, -0.1) is 0 Å². The van der Waals surface area contributed by atoms with Crippen molar-refractivity contribution in [3.8, 4) is 12.0 Å². The van der Waals surface area contributed by atoms with Crippen molar-refractivity contribution in [3.05, 3.63) is 58.5 Å². The van der Waals surface area contributed by atoms with E-state index in [4.69, 9.17) is 0 Å². The standard InChI is InChI=1S/C14H15NS/c1-4-13(8-7-12(2)3)16-14-6-5-10-15-11-9-14/h4,6-9,11,15H,1H2,2-3H3/b13-8+. The third-order valence-electron chi connectivity index (χ3n) is 1.71. The van der Waals surface area contributed by atoms with Crippen LogP contribution in [0.3, 0.4) is 0 Å². The first-order valence-corrected chi connectivity index (χ1v) is 5.82. The summed E-state index contributed by atoms with van der Waals surface area (Å²) in [4.78, 5) is 2.21. The molecule has 0 spiro atoms. The normalized spacial score (nSPS) is 13.9. The molecule has 1 aliphatic heterocycles. The summed E-state index contributed by atoms with van der Waals surface area (Å²) in [6, 6.07) is 2.78. The third kappa shape index (κ3) is 4.77. The van der Waals surface area contributed by atoms with E-state index in [1.165, 1.54) is 5.57 Å². The van der Waals surface area contributed by atoms with Crippen LogP contribution in [0, 0.1) is 12.0 Å². The van der Waals surface area contributed by atoms with Gasteiger partial charge in [-0.1, -0.05) is 42.0 Å². The van der Waals surface area contributed by atoms with Crippen molar-refractivity contribution in [3.63, 3.8) is 0 Å². The highest BCUT2D eigenvalue weighted by atomic mass is 32.2. The van der Waals surface area contributed by atoms with E-state index in [1.807, 2.05) is 24.4 Å². The van der Waals surface area contributed by atoms with Crippen LogP contribution in [0.1, 0.15) is 13.8 Å².